The first-order valence-corrected chi connectivity index (χ1v) is 11.6. The number of para-hydroxylation sites is 1. The molecule has 1 amide bonds. The molecule has 1 saturated heterocycles. The molecule has 1 aromatic carbocycles. The fraction of sp³-hybridized carbons (Fsp3) is 0.440. The third-order valence-electron chi connectivity index (χ3n) is 7.00. The predicted molar refractivity (Wildman–Crippen MR) is 126 cm³/mol. The van der Waals surface area contributed by atoms with Gasteiger partial charge in [-0.25, -0.2) is 9.97 Å². The van der Waals surface area contributed by atoms with Crippen molar-refractivity contribution >= 4 is 11.7 Å². The van der Waals surface area contributed by atoms with Crippen LogP contribution < -0.4 is 10.2 Å². The van der Waals surface area contributed by atoms with Gasteiger partial charge in [0, 0.05) is 56.3 Å². The summed E-state index contributed by atoms with van der Waals surface area (Å²) >= 11 is 0. The third kappa shape index (κ3) is 4.42. The van der Waals surface area contributed by atoms with Gasteiger partial charge in [-0.05, 0) is 56.2 Å². The number of phenolic OH excluding ortho intramolecular Hbond substituents is 1. The number of aromatic hydroxyl groups is 1. The van der Waals surface area contributed by atoms with Gasteiger partial charge in [0.25, 0.3) is 0 Å². The molecule has 8 nitrogen and oxygen atoms in total. The van der Waals surface area contributed by atoms with E-state index in [4.69, 9.17) is 4.98 Å². The zero-order valence-corrected chi connectivity index (χ0v) is 19.1. The number of benzene rings is 1. The molecule has 0 spiro atoms. The summed E-state index contributed by atoms with van der Waals surface area (Å²) in [4.78, 5) is 24.3. The molecule has 5 rings (SSSR count). The number of carbonyl (C=O) groups excluding carboxylic acids is 1. The van der Waals surface area contributed by atoms with E-state index in [0.717, 1.165) is 43.1 Å². The molecule has 172 valence electrons. The largest absolute Gasteiger partial charge is 0.507 e. The van der Waals surface area contributed by atoms with E-state index in [9.17, 15) is 9.90 Å². The van der Waals surface area contributed by atoms with Crippen LogP contribution in [-0.4, -0.2) is 49.9 Å². The van der Waals surface area contributed by atoms with Gasteiger partial charge in [0.1, 0.15) is 11.6 Å². The maximum absolute atomic E-state index is 12.7. The molecule has 3 heterocycles. The Morgan fingerprint density at radius 2 is 1.91 bits per heavy atom. The molecule has 3 atom stereocenters. The van der Waals surface area contributed by atoms with Gasteiger partial charge in [-0.2, -0.15) is 5.10 Å². The molecular weight excluding hydrogens is 416 g/mol. The Morgan fingerprint density at radius 3 is 2.61 bits per heavy atom. The number of rotatable bonds is 6. The van der Waals surface area contributed by atoms with Gasteiger partial charge in [0.2, 0.25) is 5.91 Å². The van der Waals surface area contributed by atoms with Crippen LogP contribution in [-0.2, 0) is 18.3 Å². The van der Waals surface area contributed by atoms with Crippen molar-refractivity contribution in [3.05, 3.63) is 54.0 Å². The van der Waals surface area contributed by atoms with Gasteiger partial charge in [0.15, 0.2) is 5.82 Å². The van der Waals surface area contributed by atoms with Crippen LogP contribution in [0.5, 0.6) is 5.75 Å². The minimum Gasteiger partial charge on any atom is -0.507 e. The number of aryl methyl sites for hydroxylation is 3. The number of carbonyl (C=O) groups is 1. The van der Waals surface area contributed by atoms with Crippen LogP contribution in [0.25, 0.3) is 11.4 Å². The van der Waals surface area contributed by atoms with E-state index in [2.05, 4.69) is 20.3 Å². The number of anilines is 1. The van der Waals surface area contributed by atoms with E-state index in [0.29, 0.717) is 36.1 Å². The molecule has 1 unspecified atom stereocenters. The summed E-state index contributed by atoms with van der Waals surface area (Å²) in [6.07, 6.45) is 5.18. The first-order chi connectivity index (χ1) is 16.0. The third-order valence-corrected chi connectivity index (χ3v) is 7.00. The van der Waals surface area contributed by atoms with Crippen molar-refractivity contribution in [2.75, 3.05) is 18.0 Å². The minimum atomic E-state index is 0.117. The van der Waals surface area contributed by atoms with E-state index >= 15 is 0 Å². The molecule has 8 heteroatoms. The van der Waals surface area contributed by atoms with Crippen molar-refractivity contribution in [3.8, 4) is 17.1 Å². The van der Waals surface area contributed by atoms with E-state index in [-0.39, 0.29) is 17.7 Å². The molecular formula is C25H30N6O2. The quantitative estimate of drug-likeness (QED) is 0.605. The summed E-state index contributed by atoms with van der Waals surface area (Å²) < 4.78 is 1.82. The molecule has 3 aromatic rings. The highest BCUT2D eigenvalue weighted by Crippen LogP contribution is 2.39. The summed E-state index contributed by atoms with van der Waals surface area (Å²) in [5.41, 5.74) is 2.58. The van der Waals surface area contributed by atoms with Crippen LogP contribution in [0.15, 0.2) is 42.6 Å². The Bertz CT molecular complexity index is 1150. The Morgan fingerprint density at radius 1 is 1.15 bits per heavy atom. The average molecular weight is 447 g/mol. The van der Waals surface area contributed by atoms with E-state index in [1.165, 1.54) is 0 Å². The molecule has 33 heavy (non-hydrogen) atoms. The number of fused-ring (bicyclic) bond motifs is 2. The standard InChI is InChI=1S/C25H30N6O2/c1-16-13-22(28-25(27-16)20-5-3-4-6-21(20)32)31-14-17-7-8-18(15-31)24(17)29-23(33)10-9-19-11-12-26-30(19)2/h3-6,11-13,17-18,24,32H,7-10,14-15H2,1-2H3,(H,29,33)/t17-,18+,24?. The number of nitrogens with zero attached hydrogens (tertiary/aromatic N) is 5. The summed E-state index contributed by atoms with van der Waals surface area (Å²) in [5.74, 6) is 2.55. The molecule has 0 radical (unpaired) electrons. The van der Waals surface area contributed by atoms with Gasteiger partial charge in [-0.1, -0.05) is 12.1 Å². The first-order valence-electron chi connectivity index (χ1n) is 11.6. The molecule has 2 aliphatic rings. The summed E-state index contributed by atoms with van der Waals surface area (Å²) in [7, 11) is 1.91. The van der Waals surface area contributed by atoms with Crippen LogP contribution in [0.1, 0.15) is 30.7 Å². The summed E-state index contributed by atoms with van der Waals surface area (Å²) in [6, 6.07) is 11.4. The van der Waals surface area contributed by atoms with Gasteiger partial charge in [-0.15, -0.1) is 0 Å². The number of hydrogen-bond donors (Lipinski definition) is 2. The Labute approximate surface area is 193 Å². The molecule has 2 N–H and O–H groups in total. The Hall–Kier alpha value is -3.42. The second-order valence-corrected chi connectivity index (χ2v) is 9.25. The second-order valence-electron chi connectivity index (χ2n) is 9.25. The van der Waals surface area contributed by atoms with Crippen LogP contribution in [0, 0.1) is 18.8 Å². The van der Waals surface area contributed by atoms with Crippen LogP contribution in [0.2, 0.25) is 0 Å². The Kier molecular flexibility index (Phi) is 5.74. The smallest absolute Gasteiger partial charge is 0.220 e. The molecule has 2 aromatic heterocycles. The lowest BCUT2D eigenvalue weighted by Gasteiger charge is -2.39. The van der Waals surface area contributed by atoms with Crippen molar-refractivity contribution in [2.24, 2.45) is 18.9 Å². The fourth-order valence-corrected chi connectivity index (χ4v) is 5.29. The lowest BCUT2D eigenvalue weighted by atomic mass is 9.91. The van der Waals surface area contributed by atoms with Gasteiger partial charge < -0.3 is 15.3 Å². The van der Waals surface area contributed by atoms with E-state index in [1.807, 2.05) is 42.9 Å². The number of aromatic nitrogens is 4. The normalized spacial score (nSPS) is 21.9. The highest BCUT2D eigenvalue weighted by atomic mass is 16.3. The van der Waals surface area contributed by atoms with Crippen molar-refractivity contribution in [3.63, 3.8) is 0 Å². The van der Waals surface area contributed by atoms with Crippen LogP contribution in [0.4, 0.5) is 5.82 Å². The van der Waals surface area contributed by atoms with Gasteiger partial charge in [-0.3, -0.25) is 9.48 Å². The maximum Gasteiger partial charge on any atom is 0.220 e. The molecule has 2 bridgehead atoms. The number of hydrogen-bond acceptors (Lipinski definition) is 6. The number of nitrogens with one attached hydrogen (secondary N) is 1. The Balaban J connectivity index is 1.26. The van der Waals surface area contributed by atoms with Gasteiger partial charge in [0.05, 0.1) is 5.56 Å². The average Bonchev–Trinajstić information content (AvgIpc) is 3.29. The van der Waals surface area contributed by atoms with E-state index in [1.54, 1.807) is 18.3 Å². The zero-order chi connectivity index (χ0) is 22.9. The first kappa shape index (κ1) is 21.4. The monoisotopic (exact) mass is 446 g/mol. The highest BCUT2D eigenvalue weighted by Gasteiger charge is 2.43. The zero-order valence-electron chi connectivity index (χ0n) is 19.1. The van der Waals surface area contributed by atoms with Crippen molar-refractivity contribution in [1.82, 2.24) is 25.1 Å². The second kappa shape index (κ2) is 8.84. The van der Waals surface area contributed by atoms with Crippen LogP contribution >= 0.6 is 0 Å². The lowest BCUT2D eigenvalue weighted by Crippen LogP contribution is -2.53. The maximum atomic E-state index is 12.7. The topological polar surface area (TPSA) is 96.2 Å². The van der Waals surface area contributed by atoms with E-state index < -0.39 is 0 Å². The highest BCUT2D eigenvalue weighted by molar-refractivity contribution is 5.76. The van der Waals surface area contributed by atoms with Crippen molar-refractivity contribution in [1.29, 1.82) is 0 Å². The molecule has 2 fully saturated rings. The van der Waals surface area contributed by atoms with Crippen molar-refractivity contribution in [2.45, 2.75) is 38.6 Å². The number of piperidine rings is 1. The molecule has 1 aliphatic carbocycles. The lowest BCUT2D eigenvalue weighted by molar-refractivity contribution is -0.122. The summed E-state index contributed by atoms with van der Waals surface area (Å²) in [6.45, 7) is 3.68. The number of amides is 1. The minimum absolute atomic E-state index is 0.117. The fourth-order valence-electron chi connectivity index (χ4n) is 5.29. The van der Waals surface area contributed by atoms with Crippen LogP contribution in [0.3, 0.4) is 0 Å². The predicted octanol–water partition coefficient (Wildman–Crippen LogP) is 2.85. The summed E-state index contributed by atoms with van der Waals surface area (Å²) in [5, 5.41) is 17.8. The SMILES string of the molecule is Cc1cc(N2C[C@H]3CC[C@@H](C2)C3NC(=O)CCc2ccnn2C)nc(-c2ccccc2O)n1. The molecule has 1 aliphatic heterocycles. The van der Waals surface area contributed by atoms with Crippen molar-refractivity contribution < 1.29 is 9.90 Å². The molecule has 1 saturated carbocycles. The van der Waals surface area contributed by atoms with Gasteiger partial charge >= 0.3 is 0 Å². The number of phenols is 1.